The van der Waals surface area contributed by atoms with Crippen LogP contribution in [0.2, 0.25) is 0 Å². The second kappa shape index (κ2) is 6.20. The zero-order valence-corrected chi connectivity index (χ0v) is 13.8. The number of ether oxygens (including phenoxy) is 1. The van der Waals surface area contributed by atoms with Crippen molar-refractivity contribution >= 4 is 5.91 Å². The highest BCUT2D eigenvalue weighted by Gasteiger charge is 2.37. The van der Waals surface area contributed by atoms with Crippen LogP contribution in [0.3, 0.4) is 0 Å². The van der Waals surface area contributed by atoms with Crippen LogP contribution >= 0.6 is 0 Å². The van der Waals surface area contributed by atoms with Crippen molar-refractivity contribution in [2.45, 2.75) is 57.8 Å². The maximum Gasteiger partial charge on any atom is 0.225 e. The van der Waals surface area contributed by atoms with Crippen molar-refractivity contribution in [2.75, 3.05) is 26.2 Å². The Bertz CT molecular complexity index is 575. The summed E-state index contributed by atoms with van der Waals surface area (Å²) >= 11 is 0. The third-order valence-electron chi connectivity index (χ3n) is 5.38. The van der Waals surface area contributed by atoms with Crippen LogP contribution < -0.4 is 0 Å². The Hall–Kier alpha value is -1.47. The number of aromatic nitrogens is 3. The van der Waals surface area contributed by atoms with Gasteiger partial charge in [-0.1, -0.05) is 0 Å². The van der Waals surface area contributed by atoms with Gasteiger partial charge in [-0.2, -0.15) is 0 Å². The molecule has 0 radical (unpaired) electrons. The number of aryl methyl sites for hydroxylation is 1. The number of hydrogen-bond donors (Lipinski definition) is 0. The Morgan fingerprint density at radius 1 is 1.26 bits per heavy atom. The minimum Gasteiger partial charge on any atom is -0.378 e. The van der Waals surface area contributed by atoms with Crippen molar-refractivity contribution in [3.63, 3.8) is 0 Å². The number of nitrogens with zero attached hydrogens (tertiary/aromatic N) is 5. The van der Waals surface area contributed by atoms with E-state index in [0.717, 1.165) is 63.8 Å². The highest BCUT2D eigenvalue weighted by atomic mass is 16.5. The molecule has 2 fully saturated rings. The van der Waals surface area contributed by atoms with Crippen molar-refractivity contribution in [1.29, 1.82) is 0 Å². The minimum atomic E-state index is 0.145. The fourth-order valence-electron chi connectivity index (χ4n) is 3.82. The summed E-state index contributed by atoms with van der Waals surface area (Å²) in [6, 6.07) is 0.469. The van der Waals surface area contributed by atoms with Crippen molar-refractivity contribution in [1.82, 2.24) is 24.6 Å². The van der Waals surface area contributed by atoms with E-state index < -0.39 is 0 Å². The maximum atomic E-state index is 12.3. The summed E-state index contributed by atoms with van der Waals surface area (Å²) in [7, 11) is 0. The molecule has 0 saturated carbocycles. The summed E-state index contributed by atoms with van der Waals surface area (Å²) in [6.07, 6.45) is 4.06. The summed E-state index contributed by atoms with van der Waals surface area (Å²) < 4.78 is 7.87. The third-order valence-corrected chi connectivity index (χ3v) is 5.38. The average Bonchev–Trinajstić information content (AvgIpc) is 2.88. The van der Waals surface area contributed by atoms with Gasteiger partial charge in [0, 0.05) is 38.8 Å². The summed E-state index contributed by atoms with van der Waals surface area (Å²) in [6.45, 7) is 7.33. The van der Waals surface area contributed by atoms with E-state index in [1.165, 1.54) is 6.42 Å². The molecule has 4 heterocycles. The van der Waals surface area contributed by atoms with Crippen LogP contribution in [-0.4, -0.2) is 68.9 Å². The van der Waals surface area contributed by atoms with Gasteiger partial charge >= 0.3 is 0 Å². The number of fused-ring (bicyclic) bond motifs is 1. The summed E-state index contributed by atoms with van der Waals surface area (Å²) in [4.78, 5) is 16.7. The molecule has 1 amide bonds. The van der Waals surface area contributed by atoms with Crippen LogP contribution in [-0.2, 0) is 22.6 Å². The molecule has 0 bridgehead atoms. The number of carbonyl (C=O) groups is 1. The lowest BCUT2D eigenvalue weighted by molar-refractivity contribution is -0.143. The van der Waals surface area contributed by atoms with Crippen LogP contribution in [0.5, 0.6) is 0 Å². The molecule has 7 nitrogen and oxygen atoms in total. The topological polar surface area (TPSA) is 63.5 Å². The number of likely N-dealkylation sites (tertiary alicyclic amines) is 1. The molecule has 126 valence electrons. The third kappa shape index (κ3) is 2.99. The van der Waals surface area contributed by atoms with E-state index in [2.05, 4.69) is 19.7 Å². The van der Waals surface area contributed by atoms with Gasteiger partial charge in [0.2, 0.25) is 5.91 Å². The molecule has 1 aromatic heterocycles. The molecule has 0 aromatic carbocycles. The standard InChI is InChI=1S/C16H25N5O2/c1-12-17-18-15-11-19(5-6-21(12)15)13-9-20(10-13)16(22)8-14-4-2-3-7-23-14/h13-14H,2-11H2,1H3/t14-/m1/s1. The predicted molar refractivity (Wildman–Crippen MR) is 83.7 cm³/mol. The molecule has 7 heteroatoms. The van der Waals surface area contributed by atoms with Crippen molar-refractivity contribution < 1.29 is 9.53 Å². The first-order chi connectivity index (χ1) is 11.2. The lowest BCUT2D eigenvalue weighted by Gasteiger charge is -2.46. The molecular weight excluding hydrogens is 294 g/mol. The van der Waals surface area contributed by atoms with Crippen LogP contribution in [0.25, 0.3) is 0 Å². The quantitative estimate of drug-likeness (QED) is 0.815. The largest absolute Gasteiger partial charge is 0.378 e. The number of rotatable bonds is 3. The molecule has 4 rings (SSSR count). The Morgan fingerprint density at radius 2 is 2.13 bits per heavy atom. The molecule has 2 saturated heterocycles. The number of amides is 1. The number of carbonyl (C=O) groups excluding carboxylic acids is 1. The van der Waals surface area contributed by atoms with E-state index in [1.54, 1.807) is 0 Å². The Morgan fingerprint density at radius 3 is 2.91 bits per heavy atom. The van der Waals surface area contributed by atoms with Gasteiger partial charge in [0.05, 0.1) is 19.1 Å². The fourth-order valence-corrected chi connectivity index (χ4v) is 3.82. The Labute approximate surface area is 136 Å². The van der Waals surface area contributed by atoms with Gasteiger partial charge in [0.15, 0.2) is 0 Å². The molecule has 3 aliphatic heterocycles. The SMILES string of the molecule is Cc1nnc2n1CCN(C1CN(C(=O)C[C@H]3CCCCO3)C1)C2. The fraction of sp³-hybridized carbons (Fsp3) is 0.812. The normalized spacial score (nSPS) is 26.0. The second-order valence-corrected chi connectivity index (χ2v) is 6.93. The van der Waals surface area contributed by atoms with Gasteiger partial charge in [0.1, 0.15) is 11.6 Å². The molecule has 1 aromatic rings. The molecule has 0 unspecified atom stereocenters. The van der Waals surface area contributed by atoms with E-state index in [1.807, 2.05) is 11.8 Å². The molecule has 1 atom stereocenters. The zero-order valence-electron chi connectivity index (χ0n) is 13.8. The van der Waals surface area contributed by atoms with E-state index in [4.69, 9.17) is 4.74 Å². The Balaban J connectivity index is 1.26. The first kappa shape index (κ1) is 15.1. The minimum absolute atomic E-state index is 0.145. The van der Waals surface area contributed by atoms with Crippen LogP contribution in [0.1, 0.15) is 37.3 Å². The molecule has 3 aliphatic rings. The molecule has 0 aliphatic carbocycles. The van der Waals surface area contributed by atoms with Gasteiger partial charge in [-0.25, -0.2) is 0 Å². The second-order valence-electron chi connectivity index (χ2n) is 6.93. The summed E-state index contributed by atoms with van der Waals surface area (Å²) in [5.74, 6) is 2.30. The first-order valence-corrected chi connectivity index (χ1v) is 8.73. The highest BCUT2D eigenvalue weighted by molar-refractivity contribution is 5.77. The predicted octanol–water partition coefficient (Wildman–Crippen LogP) is 0.572. The van der Waals surface area contributed by atoms with Crippen molar-refractivity contribution in [2.24, 2.45) is 0 Å². The number of hydrogen-bond acceptors (Lipinski definition) is 5. The van der Waals surface area contributed by atoms with E-state index >= 15 is 0 Å². The first-order valence-electron chi connectivity index (χ1n) is 8.73. The van der Waals surface area contributed by atoms with Gasteiger partial charge < -0.3 is 14.2 Å². The van der Waals surface area contributed by atoms with Crippen LogP contribution in [0.15, 0.2) is 0 Å². The van der Waals surface area contributed by atoms with Crippen LogP contribution in [0, 0.1) is 6.92 Å². The van der Waals surface area contributed by atoms with Gasteiger partial charge in [-0.3, -0.25) is 9.69 Å². The summed E-state index contributed by atoms with van der Waals surface area (Å²) in [5.41, 5.74) is 0. The Kier molecular flexibility index (Phi) is 4.07. The van der Waals surface area contributed by atoms with Crippen molar-refractivity contribution in [3.05, 3.63) is 11.6 Å². The molecular formula is C16H25N5O2. The summed E-state index contributed by atoms with van der Waals surface area (Å²) in [5, 5.41) is 8.40. The van der Waals surface area contributed by atoms with Gasteiger partial charge in [0.25, 0.3) is 0 Å². The van der Waals surface area contributed by atoms with E-state index in [9.17, 15) is 4.79 Å². The molecule has 0 spiro atoms. The zero-order chi connectivity index (χ0) is 15.8. The maximum absolute atomic E-state index is 12.3. The van der Waals surface area contributed by atoms with Crippen LogP contribution in [0.4, 0.5) is 0 Å². The van der Waals surface area contributed by atoms with E-state index in [-0.39, 0.29) is 12.0 Å². The van der Waals surface area contributed by atoms with Crippen molar-refractivity contribution in [3.8, 4) is 0 Å². The average molecular weight is 319 g/mol. The lowest BCUT2D eigenvalue weighted by atomic mass is 10.0. The van der Waals surface area contributed by atoms with Gasteiger partial charge in [-0.15, -0.1) is 10.2 Å². The van der Waals surface area contributed by atoms with E-state index in [0.29, 0.717) is 12.5 Å². The molecule has 23 heavy (non-hydrogen) atoms. The molecule has 0 N–H and O–H groups in total. The van der Waals surface area contributed by atoms with Gasteiger partial charge in [-0.05, 0) is 26.2 Å². The monoisotopic (exact) mass is 319 g/mol. The smallest absolute Gasteiger partial charge is 0.225 e. The lowest BCUT2D eigenvalue weighted by Crippen LogP contribution is -2.62. The highest BCUT2D eigenvalue weighted by Crippen LogP contribution is 2.23.